The zero-order chi connectivity index (χ0) is 62.6. The van der Waals surface area contributed by atoms with Crippen LogP contribution in [0.25, 0.3) is 120 Å². The zero-order valence-corrected chi connectivity index (χ0v) is 55.6. The van der Waals surface area contributed by atoms with Gasteiger partial charge < -0.3 is 9.80 Å². The number of benzene rings is 16. The molecule has 444 valence electrons. The first-order chi connectivity index (χ1) is 44.8. The second-order valence-corrected chi connectivity index (χ2v) is 37.4. The van der Waals surface area contributed by atoms with Crippen LogP contribution in [-0.2, 0) is 0 Å². The number of fused-ring (bicyclic) bond motifs is 4. The van der Waals surface area contributed by atoms with Crippen LogP contribution in [-0.4, -0.2) is 16.1 Å². The van der Waals surface area contributed by atoms with Crippen molar-refractivity contribution in [1.82, 2.24) is 0 Å². The van der Waals surface area contributed by atoms with Crippen molar-refractivity contribution >= 4 is 136 Å². The monoisotopic (exact) mass is 1210 g/mol. The van der Waals surface area contributed by atoms with E-state index >= 15 is 0 Å². The summed E-state index contributed by atoms with van der Waals surface area (Å²) in [7, 11) is -3.31. The van der Waals surface area contributed by atoms with E-state index in [1.807, 2.05) is 0 Å². The van der Waals surface area contributed by atoms with Crippen LogP contribution in [0.4, 0.5) is 34.1 Å². The Balaban J connectivity index is 0.970. The minimum Gasteiger partial charge on any atom is -0.310 e. The lowest BCUT2D eigenvalue weighted by Crippen LogP contribution is -2.37. The van der Waals surface area contributed by atoms with E-state index in [1.165, 1.54) is 141 Å². The van der Waals surface area contributed by atoms with E-state index in [9.17, 15) is 0 Å². The van der Waals surface area contributed by atoms with Crippen LogP contribution in [0.5, 0.6) is 0 Å². The minimum atomic E-state index is -1.65. The Morgan fingerprint density at radius 1 is 0.217 bits per heavy atom. The Labute approximate surface area is 542 Å². The fourth-order valence-electron chi connectivity index (χ4n) is 15.0. The molecule has 0 fully saturated rings. The van der Waals surface area contributed by atoms with Gasteiger partial charge in [0.15, 0.2) is 0 Å². The smallest absolute Gasteiger partial charge is 0.0543 e. The van der Waals surface area contributed by atoms with Gasteiger partial charge in [0.1, 0.15) is 0 Å². The van der Waals surface area contributed by atoms with Gasteiger partial charge in [-0.05, 0) is 195 Å². The normalized spacial score (nSPS) is 12.1. The number of hydrogen-bond acceptors (Lipinski definition) is 2. The first-order valence-corrected chi connectivity index (χ1v) is 39.5. The highest BCUT2D eigenvalue weighted by Gasteiger charge is 2.27. The van der Waals surface area contributed by atoms with Crippen molar-refractivity contribution in [3.63, 3.8) is 0 Å². The van der Waals surface area contributed by atoms with Crippen molar-refractivity contribution in [3.05, 3.63) is 302 Å². The topological polar surface area (TPSA) is 6.48 Å². The molecule has 16 rings (SSSR count). The van der Waals surface area contributed by atoms with Crippen LogP contribution in [0.2, 0.25) is 39.3 Å². The molecule has 92 heavy (non-hydrogen) atoms. The molecule has 16 aromatic carbocycles. The highest BCUT2D eigenvalue weighted by Crippen LogP contribution is 2.53. The highest BCUT2D eigenvalue weighted by atomic mass is 28.3. The van der Waals surface area contributed by atoms with E-state index in [2.05, 4.69) is 354 Å². The maximum atomic E-state index is 2.56. The molecule has 0 aliphatic rings. The molecular weight excluding hydrogens is 1140 g/mol. The molecule has 0 radical (unpaired) electrons. The first kappa shape index (κ1) is 56.8. The molecule has 0 amide bonds. The summed E-state index contributed by atoms with van der Waals surface area (Å²) >= 11 is 0. The van der Waals surface area contributed by atoms with E-state index in [0.717, 1.165) is 34.1 Å². The highest BCUT2D eigenvalue weighted by molar-refractivity contribution is 6.89. The van der Waals surface area contributed by atoms with Gasteiger partial charge in [0, 0.05) is 33.5 Å². The third-order valence-corrected chi connectivity index (χ3v) is 23.6. The van der Waals surface area contributed by atoms with Crippen LogP contribution >= 0.6 is 0 Å². The van der Waals surface area contributed by atoms with Crippen molar-refractivity contribution in [2.45, 2.75) is 53.1 Å². The number of aryl methyl sites for hydroxylation is 2. The average molecular weight is 1210 g/mol. The van der Waals surface area contributed by atoms with Crippen LogP contribution < -0.4 is 20.2 Å². The van der Waals surface area contributed by atoms with Gasteiger partial charge in [0.05, 0.1) is 11.4 Å². The van der Waals surface area contributed by atoms with Crippen molar-refractivity contribution < 1.29 is 0 Å². The van der Waals surface area contributed by atoms with E-state index in [0.29, 0.717) is 0 Å². The molecule has 0 aromatic heterocycles. The molecule has 0 aliphatic carbocycles. The van der Waals surface area contributed by atoms with Crippen molar-refractivity contribution in [3.8, 4) is 44.5 Å². The maximum Gasteiger partial charge on any atom is 0.0543 e. The van der Waals surface area contributed by atoms with E-state index in [-0.39, 0.29) is 0 Å². The SMILES string of the molecule is Cc1cc(N(c2ccc([Si-](C)(C)C)cc2)c2ccc3c(-c4ccccc4)c4ccccc4c(-c4ccccc4)c3c2)c2ccc3c(C)cc(N(c4ccc([Si-](C)(C)C)cc4)c4ccc5c(-c6ccccc6)c6ccccc6c(-c6ccccc6)c5c4)c4ccc1c2c34. The summed E-state index contributed by atoms with van der Waals surface area (Å²) in [6.45, 7) is 19.3. The lowest BCUT2D eigenvalue weighted by atomic mass is 9.85. The molecule has 4 heteroatoms. The number of nitrogens with zero attached hydrogens (tertiary/aromatic N) is 2. The summed E-state index contributed by atoms with van der Waals surface area (Å²) in [4.78, 5) is 5.12. The average Bonchev–Trinajstić information content (AvgIpc) is 0.726. The minimum absolute atomic E-state index is 1.11. The molecule has 0 spiro atoms. The Kier molecular flexibility index (Phi) is 13.7. The molecule has 2 nitrogen and oxygen atoms in total. The number of hydrogen-bond donors (Lipinski definition) is 0. The molecule has 0 bridgehead atoms. The molecule has 0 saturated carbocycles. The van der Waals surface area contributed by atoms with E-state index < -0.39 is 16.1 Å². The summed E-state index contributed by atoms with van der Waals surface area (Å²) in [5, 5.41) is 20.3. The summed E-state index contributed by atoms with van der Waals surface area (Å²) < 4.78 is 0. The van der Waals surface area contributed by atoms with Gasteiger partial charge in [0.2, 0.25) is 0 Å². The predicted molar refractivity (Wildman–Crippen MR) is 407 cm³/mol. The molecule has 0 aliphatic heterocycles. The van der Waals surface area contributed by atoms with Gasteiger partial charge in [-0.25, -0.2) is 0 Å². The summed E-state index contributed by atoms with van der Waals surface area (Å²) in [6, 6.07) is 110. The van der Waals surface area contributed by atoms with Crippen LogP contribution in [0.3, 0.4) is 0 Å². The number of anilines is 6. The van der Waals surface area contributed by atoms with Crippen LogP contribution in [0, 0.1) is 13.8 Å². The fraction of sp³-hybridized carbons (Fsp3) is 0.0909. The third-order valence-electron chi connectivity index (χ3n) is 19.5. The molecular formula is C88H72N2Si2-2. The maximum absolute atomic E-state index is 2.56. The van der Waals surface area contributed by atoms with Gasteiger partial charge >= 0.3 is 0 Å². The van der Waals surface area contributed by atoms with E-state index in [4.69, 9.17) is 0 Å². The van der Waals surface area contributed by atoms with Gasteiger partial charge in [-0.15, -0.1) is 16.1 Å². The Morgan fingerprint density at radius 2 is 0.467 bits per heavy atom. The lowest BCUT2D eigenvalue weighted by molar-refractivity contribution is 1.29. The van der Waals surface area contributed by atoms with Crippen molar-refractivity contribution in [2.24, 2.45) is 0 Å². The molecule has 0 unspecified atom stereocenters. The van der Waals surface area contributed by atoms with Gasteiger partial charge in [-0.2, -0.15) is 49.7 Å². The Hall–Kier alpha value is -10.4. The summed E-state index contributed by atoms with van der Waals surface area (Å²) in [5.41, 5.74) is 19.1. The molecule has 0 atom stereocenters. The van der Waals surface area contributed by atoms with Crippen LogP contribution in [0.1, 0.15) is 11.1 Å². The third kappa shape index (κ3) is 9.50. The predicted octanol–water partition coefficient (Wildman–Crippen LogP) is 24.5. The zero-order valence-electron chi connectivity index (χ0n) is 53.6. The second kappa shape index (κ2) is 22.2. The van der Waals surface area contributed by atoms with Crippen molar-refractivity contribution in [2.75, 3.05) is 9.80 Å². The quantitative estimate of drug-likeness (QED) is 0.0683. The lowest BCUT2D eigenvalue weighted by Gasteiger charge is -2.33. The largest absolute Gasteiger partial charge is 0.310 e. The number of rotatable bonds is 12. The standard InChI is InChI=1S/C88H72N2Si2/c1-57-53-81(89(63-37-43-67(44-38-63)91(3,4)5)65-41-47-75-79(55-65)85(61-29-17-11-18-30-61)73-35-23-21-33-71(73)83(75)59-25-13-9-14-26-59)77-52-50-70-58(2)54-82(78-51-49-69(57)87(77)88(70)78)90(64-39-45-68(46-40-64)92(6,7)8)66-42-48-76-80(56-66)86(62-31-19-12-20-32-62)74-36-24-22-34-72(74)84(76)60-27-15-10-16-28-60/h9-56H,1-8H3/q-2. The fourth-order valence-corrected chi connectivity index (χ4v) is 17.4. The first-order valence-electron chi connectivity index (χ1n) is 32.5. The van der Waals surface area contributed by atoms with Gasteiger partial charge in [-0.3, -0.25) is 0 Å². The summed E-state index contributed by atoms with van der Waals surface area (Å²) in [6.07, 6.45) is 0. The molecule has 0 N–H and O–H groups in total. The van der Waals surface area contributed by atoms with Gasteiger partial charge in [0.25, 0.3) is 0 Å². The summed E-state index contributed by atoms with van der Waals surface area (Å²) in [5.74, 6) is 0. The molecule has 0 heterocycles. The molecule has 0 saturated heterocycles. The van der Waals surface area contributed by atoms with Gasteiger partial charge in [-0.1, -0.05) is 231 Å². The van der Waals surface area contributed by atoms with E-state index in [1.54, 1.807) is 0 Å². The Morgan fingerprint density at radius 3 is 0.772 bits per heavy atom. The Bertz CT molecular complexity index is 5170. The van der Waals surface area contributed by atoms with Crippen LogP contribution in [0.15, 0.2) is 291 Å². The second-order valence-electron chi connectivity index (χ2n) is 27.3. The molecule has 16 aromatic rings. The van der Waals surface area contributed by atoms with Crippen molar-refractivity contribution in [1.29, 1.82) is 0 Å².